The summed E-state index contributed by atoms with van der Waals surface area (Å²) >= 11 is 0. The van der Waals surface area contributed by atoms with Crippen molar-refractivity contribution in [1.82, 2.24) is 5.32 Å². The lowest BCUT2D eigenvalue weighted by Crippen LogP contribution is -2.18. The fourth-order valence-electron chi connectivity index (χ4n) is 2.25. The minimum absolute atomic E-state index is 0.475. The van der Waals surface area contributed by atoms with Crippen LogP contribution in [0.2, 0.25) is 0 Å². The van der Waals surface area contributed by atoms with Crippen LogP contribution in [0.5, 0.6) is 0 Å². The second-order valence-corrected chi connectivity index (χ2v) is 4.38. The summed E-state index contributed by atoms with van der Waals surface area (Å²) in [6.07, 6.45) is 4.63. The molecule has 0 saturated heterocycles. The smallest absolute Gasteiger partial charge is 0.0462 e. The molecular formula is C15H25NO. The summed E-state index contributed by atoms with van der Waals surface area (Å²) < 4.78 is 5.09. The van der Waals surface area contributed by atoms with Gasteiger partial charge in [-0.3, -0.25) is 0 Å². The van der Waals surface area contributed by atoms with Gasteiger partial charge in [0, 0.05) is 19.8 Å². The SMILES string of the molecule is CCc1ccccc1C(CCCCOC)NC. The van der Waals surface area contributed by atoms with E-state index in [4.69, 9.17) is 4.74 Å². The first-order valence-electron chi connectivity index (χ1n) is 6.57. The molecular weight excluding hydrogens is 210 g/mol. The van der Waals surface area contributed by atoms with Gasteiger partial charge in [0.15, 0.2) is 0 Å². The maximum Gasteiger partial charge on any atom is 0.0462 e. The highest BCUT2D eigenvalue weighted by Crippen LogP contribution is 2.23. The van der Waals surface area contributed by atoms with Crippen molar-refractivity contribution in [3.63, 3.8) is 0 Å². The van der Waals surface area contributed by atoms with Crippen molar-refractivity contribution in [2.24, 2.45) is 0 Å². The first kappa shape index (κ1) is 14.2. The summed E-state index contributed by atoms with van der Waals surface area (Å²) in [4.78, 5) is 0. The van der Waals surface area contributed by atoms with E-state index in [1.165, 1.54) is 24.0 Å². The Kier molecular flexibility index (Phi) is 6.90. The van der Waals surface area contributed by atoms with E-state index in [-0.39, 0.29) is 0 Å². The molecule has 0 aliphatic heterocycles. The molecule has 0 radical (unpaired) electrons. The number of unbranched alkanes of at least 4 members (excludes halogenated alkanes) is 1. The molecule has 2 heteroatoms. The lowest BCUT2D eigenvalue weighted by atomic mass is 9.95. The maximum absolute atomic E-state index is 5.09. The number of ether oxygens (including phenoxy) is 1. The predicted molar refractivity (Wildman–Crippen MR) is 73.3 cm³/mol. The van der Waals surface area contributed by atoms with Gasteiger partial charge in [-0.25, -0.2) is 0 Å². The molecule has 0 aliphatic carbocycles. The Morgan fingerprint density at radius 2 is 2.00 bits per heavy atom. The molecule has 0 bridgehead atoms. The van der Waals surface area contributed by atoms with Crippen LogP contribution in [0.4, 0.5) is 0 Å². The molecule has 2 nitrogen and oxygen atoms in total. The fraction of sp³-hybridized carbons (Fsp3) is 0.600. The number of benzene rings is 1. The Balaban J connectivity index is 2.59. The van der Waals surface area contributed by atoms with Crippen molar-refractivity contribution in [2.75, 3.05) is 20.8 Å². The van der Waals surface area contributed by atoms with Crippen LogP contribution in [-0.2, 0) is 11.2 Å². The van der Waals surface area contributed by atoms with Crippen LogP contribution in [0.3, 0.4) is 0 Å². The van der Waals surface area contributed by atoms with Crippen LogP contribution in [0.25, 0.3) is 0 Å². The molecule has 1 unspecified atom stereocenters. The molecule has 0 fully saturated rings. The average Bonchev–Trinajstić information content (AvgIpc) is 2.39. The Labute approximate surface area is 105 Å². The van der Waals surface area contributed by atoms with Crippen LogP contribution in [0.1, 0.15) is 43.4 Å². The Bertz CT molecular complexity index is 312. The van der Waals surface area contributed by atoms with Crippen LogP contribution >= 0.6 is 0 Å². The van der Waals surface area contributed by atoms with Gasteiger partial charge in [-0.15, -0.1) is 0 Å². The summed E-state index contributed by atoms with van der Waals surface area (Å²) in [5, 5.41) is 3.43. The molecule has 17 heavy (non-hydrogen) atoms. The average molecular weight is 235 g/mol. The molecule has 1 N–H and O–H groups in total. The molecule has 1 rings (SSSR count). The molecule has 0 saturated carbocycles. The zero-order chi connectivity index (χ0) is 12.5. The molecule has 0 amide bonds. The molecule has 1 aromatic carbocycles. The van der Waals surface area contributed by atoms with Crippen molar-refractivity contribution in [3.05, 3.63) is 35.4 Å². The van der Waals surface area contributed by atoms with Crippen LogP contribution in [0.15, 0.2) is 24.3 Å². The van der Waals surface area contributed by atoms with Gasteiger partial charge in [-0.2, -0.15) is 0 Å². The molecule has 0 aliphatic rings. The summed E-state index contributed by atoms with van der Waals surface area (Å²) in [7, 11) is 3.81. The highest BCUT2D eigenvalue weighted by molar-refractivity contribution is 5.29. The van der Waals surface area contributed by atoms with E-state index in [9.17, 15) is 0 Å². The number of methoxy groups -OCH3 is 1. The van der Waals surface area contributed by atoms with Crippen LogP contribution < -0.4 is 5.32 Å². The second-order valence-electron chi connectivity index (χ2n) is 4.38. The standard InChI is InChI=1S/C15H25NO/c1-4-13-9-5-6-10-14(13)15(16-2)11-7-8-12-17-3/h5-6,9-10,15-16H,4,7-8,11-12H2,1-3H3. The van der Waals surface area contributed by atoms with Gasteiger partial charge in [0.05, 0.1) is 0 Å². The minimum atomic E-state index is 0.475. The molecule has 0 aromatic heterocycles. The van der Waals surface area contributed by atoms with E-state index >= 15 is 0 Å². The zero-order valence-corrected chi connectivity index (χ0v) is 11.3. The number of aryl methyl sites for hydroxylation is 1. The number of nitrogens with one attached hydrogen (secondary N) is 1. The van der Waals surface area contributed by atoms with Gasteiger partial charge < -0.3 is 10.1 Å². The fourth-order valence-corrected chi connectivity index (χ4v) is 2.25. The van der Waals surface area contributed by atoms with Crippen LogP contribution in [0, 0.1) is 0 Å². The van der Waals surface area contributed by atoms with Crippen molar-refractivity contribution in [2.45, 2.75) is 38.6 Å². The first-order valence-corrected chi connectivity index (χ1v) is 6.57. The van der Waals surface area contributed by atoms with Gasteiger partial charge in [0.25, 0.3) is 0 Å². The summed E-state index contributed by atoms with van der Waals surface area (Å²) in [6.45, 7) is 3.09. The highest BCUT2D eigenvalue weighted by atomic mass is 16.5. The zero-order valence-electron chi connectivity index (χ0n) is 11.3. The molecule has 1 aromatic rings. The maximum atomic E-state index is 5.09. The van der Waals surface area contributed by atoms with Gasteiger partial charge in [0.1, 0.15) is 0 Å². The van der Waals surface area contributed by atoms with E-state index in [0.29, 0.717) is 6.04 Å². The van der Waals surface area contributed by atoms with Crippen LogP contribution in [-0.4, -0.2) is 20.8 Å². The topological polar surface area (TPSA) is 21.3 Å². The summed E-state index contributed by atoms with van der Waals surface area (Å²) in [5.41, 5.74) is 2.91. The van der Waals surface area contributed by atoms with Crippen molar-refractivity contribution in [1.29, 1.82) is 0 Å². The first-order chi connectivity index (χ1) is 8.33. The van der Waals surface area contributed by atoms with Crippen molar-refractivity contribution >= 4 is 0 Å². The second kappa shape index (κ2) is 8.26. The van der Waals surface area contributed by atoms with Gasteiger partial charge in [0.2, 0.25) is 0 Å². The van der Waals surface area contributed by atoms with Gasteiger partial charge in [-0.05, 0) is 43.9 Å². The Hall–Kier alpha value is -0.860. The minimum Gasteiger partial charge on any atom is -0.385 e. The quantitative estimate of drug-likeness (QED) is 0.698. The van der Waals surface area contributed by atoms with Gasteiger partial charge >= 0.3 is 0 Å². The largest absolute Gasteiger partial charge is 0.385 e. The third-order valence-corrected chi connectivity index (χ3v) is 3.25. The number of rotatable bonds is 8. The lowest BCUT2D eigenvalue weighted by Gasteiger charge is -2.19. The highest BCUT2D eigenvalue weighted by Gasteiger charge is 2.11. The van der Waals surface area contributed by atoms with E-state index < -0.39 is 0 Å². The van der Waals surface area contributed by atoms with Gasteiger partial charge in [-0.1, -0.05) is 31.2 Å². The van der Waals surface area contributed by atoms with E-state index in [1.807, 2.05) is 7.05 Å². The number of hydrogen-bond donors (Lipinski definition) is 1. The Morgan fingerprint density at radius 1 is 1.24 bits per heavy atom. The Morgan fingerprint density at radius 3 is 2.65 bits per heavy atom. The normalized spacial score (nSPS) is 12.6. The molecule has 96 valence electrons. The van der Waals surface area contributed by atoms with E-state index in [1.54, 1.807) is 7.11 Å². The number of hydrogen-bond acceptors (Lipinski definition) is 2. The molecule has 0 spiro atoms. The van der Waals surface area contributed by atoms with E-state index in [0.717, 1.165) is 19.4 Å². The third-order valence-electron chi connectivity index (χ3n) is 3.25. The molecule has 0 heterocycles. The summed E-state index contributed by atoms with van der Waals surface area (Å²) in [5.74, 6) is 0. The lowest BCUT2D eigenvalue weighted by molar-refractivity contribution is 0.191. The van der Waals surface area contributed by atoms with Crippen molar-refractivity contribution < 1.29 is 4.74 Å². The third kappa shape index (κ3) is 4.49. The molecule has 1 atom stereocenters. The van der Waals surface area contributed by atoms with E-state index in [2.05, 4.69) is 36.5 Å². The predicted octanol–water partition coefficient (Wildman–Crippen LogP) is 3.33. The summed E-state index contributed by atoms with van der Waals surface area (Å²) in [6, 6.07) is 9.21. The monoisotopic (exact) mass is 235 g/mol. The van der Waals surface area contributed by atoms with Crippen molar-refractivity contribution in [3.8, 4) is 0 Å².